The highest BCUT2D eigenvalue weighted by Gasteiger charge is 2.45. The van der Waals surface area contributed by atoms with Gasteiger partial charge in [-0.05, 0) is 82.9 Å². The second kappa shape index (κ2) is 9.87. The normalized spacial score (nSPS) is 18.1. The molecule has 3 rings (SSSR count). The second-order valence-electron chi connectivity index (χ2n) is 8.43. The van der Waals surface area contributed by atoms with E-state index in [-0.39, 0.29) is 23.2 Å². The van der Waals surface area contributed by atoms with Crippen LogP contribution in [-0.2, 0) is 9.59 Å². The van der Waals surface area contributed by atoms with Crippen molar-refractivity contribution in [1.29, 1.82) is 0 Å². The monoisotopic (exact) mass is 438 g/mol. The minimum atomic E-state index is -0.732. The van der Waals surface area contributed by atoms with Crippen molar-refractivity contribution in [2.45, 2.75) is 32.4 Å². The number of Topliss-reactive ketones (excluding diaryl/α,β-unsaturated/α-hetero) is 1. The number of aromatic hydroxyl groups is 1. The molecule has 1 heterocycles. The van der Waals surface area contributed by atoms with Crippen LogP contribution in [0.2, 0.25) is 0 Å². The Labute approximate surface area is 188 Å². The smallest absolute Gasteiger partial charge is 0.295 e. The Morgan fingerprint density at radius 3 is 2.25 bits per heavy atom. The third-order valence-electron chi connectivity index (χ3n) is 5.25. The Kier molecular flexibility index (Phi) is 7.20. The summed E-state index contributed by atoms with van der Waals surface area (Å²) in [4.78, 5) is 29.4. The number of amides is 1. The van der Waals surface area contributed by atoms with Gasteiger partial charge in [-0.15, -0.1) is 0 Å². The molecule has 0 aromatic heterocycles. The van der Waals surface area contributed by atoms with Crippen molar-refractivity contribution >= 4 is 17.4 Å². The first-order chi connectivity index (χ1) is 15.2. The zero-order valence-corrected chi connectivity index (χ0v) is 18.9. The van der Waals surface area contributed by atoms with E-state index in [4.69, 9.17) is 4.74 Å². The number of likely N-dealkylation sites (tertiary alicyclic amines) is 1. The van der Waals surface area contributed by atoms with Crippen LogP contribution in [0.3, 0.4) is 0 Å². The Bertz CT molecular complexity index is 994. The fraction of sp³-hybridized carbons (Fsp3) is 0.360. The molecular weight excluding hydrogens is 408 g/mol. The first-order valence-corrected chi connectivity index (χ1v) is 10.7. The Balaban J connectivity index is 2.03. The lowest BCUT2D eigenvalue weighted by atomic mass is 9.95. The lowest BCUT2D eigenvalue weighted by Gasteiger charge is -2.26. The number of ether oxygens (including phenoxy) is 1. The van der Waals surface area contributed by atoms with Gasteiger partial charge in [-0.2, -0.15) is 0 Å². The number of ketones is 1. The zero-order valence-electron chi connectivity index (χ0n) is 18.9. The average Bonchev–Trinajstić information content (AvgIpc) is 2.99. The molecular formula is C25H30N2O5. The summed E-state index contributed by atoms with van der Waals surface area (Å²) in [6, 6.07) is 12.4. The van der Waals surface area contributed by atoms with Crippen LogP contribution < -0.4 is 4.74 Å². The van der Waals surface area contributed by atoms with Gasteiger partial charge in [-0.25, -0.2) is 0 Å². The standard InChI is InChI=1S/C25H30N2O5/c1-16(2)32-20-12-8-18(9-13-20)23(29)21-22(17-6-10-19(28)11-7-17)27(25(31)24(21)30)15-5-14-26(3)4/h6-13,16,22,28-29H,5,14-15H2,1-4H3/t22-/m1/s1. The largest absolute Gasteiger partial charge is 0.508 e. The van der Waals surface area contributed by atoms with Crippen LogP contribution in [-0.4, -0.2) is 65.0 Å². The van der Waals surface area contributed by atoms with Gasteiger partial charge in [0.05, 0.1) is 17.7 Å². The zero-order chi connectivity index (χ0) is 23.4. The van der Waals surface area contributed by atoms with Crippen molar-refractivity contribution in [2.24, 2.45) is 0 Å². The molecule has 32 heavy (non-hydrogen) atoms. The number of carbonyl (C=O) groups excluding carboxylic acids is 2. The molecule has 7 heteroatoms. The number of rotatable bonds is 8. The van der Waals surface area contributed by atoms with E-state index in [0.717, 1.165) is 6.54 Å². The lowest BCUT2D eigenvalue weighted by Crippen LogP contribution is -2.32. The number of carbonyl (C=O) groups is 2. The van der Waals surface area contributed by atoms with E-state index < -0.39 is 17.7 Å². The molecule has 0 aliphatic carbocycles. The lowest BCUT2D eigenvalue weighted by molar-refractivity contribution is -0.139. The Morgan fingerprint density at radius 2 is 1.69 bits per heavy atom. The number of hydrogen-bond acceptors (Lipinski definition) is 6. The molecule has 1 aliphatic rings. The van der Waals surface area contributed by atoms with E-state index in [1.165, 1.54) is 17.0 Å². The van der Waals surface area contributed by atoms with Gasteiger partial charge in [0.25, 0.3) is 11.7 Å². The number of aliphatic hydroxyl groups is 1. The number of aliphatic hydroxyl groups excluding tert-OH is 1. The van der Waals surface area contributed by atoms with Gasteiger partial charge in [0.2, 0.25) is 0 Å². The molecule has 0 spiro atoms. The van der Waals surface area contributed by atoms with Crippen LogP contribution in [0, 0.1) is 0 Å². The Morgan fingerprint density at radius 1 is 1.06 bits per heavy atom. The summed E-state index contributed by atoms with van der Waals surface area (Å²) in [6.45, 7) is 4.96. The van der Waals surface area contributed by atoms with Crippen molar-refractivity contribution in [3.8, 4) is 11.5 Å². The van der Waals surface area contributed by atoms with Crippen molar-refractivity contribution in [3.05, 3.63) is 65.2 Å². The summed E-state index contributed by atoms with van der Waals surface area (Å²) in [5, 5.41) is 20.8. The minimum Gasteiger partial charge on any atom is -0.508 e. The average molecular weight is 439 g/mol. The molecule has 1 aliphatic heterocycles. The van der Waals surface area contributed by atoms with Gasteiger partial charge in [-0.1, -0.05) is 12.1 Å². The topological polar surface area (TPSA) is 90.3 Å². The van der Waals surface area contributed by atoms with E-state index in [9.17, 15) is 19.8 Å². The van der Waals surface area contributed by atoms with E-state index in [2.05, 4.69) is 0 Å². The van der Waals surface area contributed by atoms with Crippen molar-refractivity contribution in [3.63, 3.8) is 0 Å². The molecule has 0 bridgehead atoms. The van der Waals surface area contributed by atoms with E-state index >= 15 is 0 Å². The summed E-state index contributed by atoms with van der Waals surface area (Å²) < 4.78 is 5.64. The maximum atomic E-state index is 13.0. The molecule has 2 N–H and O–H groups in total. The minimum absolute atomic E-state index is 0.0106. The third-order valence-corrected chi connectivity index (χ3v) is 5.25. The summed E-state index contributed by atoms with van der Waals surface area (Å²) in [5.41, 5.74) is 1.12. The first-order valence-electron chi connectivity index (χ1n) is 10.7. The van der Waals surface area contributed by atoms with Gasteiger partial charge < -0.3 is 24.7 Å². The predicted molar refractivity (Wildman–Crippen MR) is 122 cm³/mol. The maximum absolute atomic E-state index is 13.0. The highest BCUT2D eigenvalue weighted by Crippen LogP contribution is 2.40. The SMILES string of the molecule is CC(C)Oc1ccc(C(O)=C2C(=O)C(=O)N(CCCN(C)C)[C@@H]2c2ccc(O)cc2)cc1. The number of hydrogen-bond donors (Lipinski definition) is 2. The molecule has 1 amide bonds. The third kappa shape index (κ3) is 5.11. The fourth-order valence-corrected chi connectivity index (χ4v) is 3.79. The summed E-state index contributed by atoms with van der Waals surface area (Å²) in [6.07, 6.45) is 0.687. The summed E-state index contributed by atoms with van der Waals surface area (Å²) >= 11 is 0. The summed E-state index contributed by atoms with van der Waals surface area (Å²) in [7, 11) is 3.89. The fourth-order valence-electron chi connectivity index (χ4n) is 3.79. The van der Waals surface area contributed by atoms with Crippen LogP contribution >= 0.6 is 0 Å². The highest BCUT2D eigenvalue weighted by atomic mass is 16.5. The summed E-state index contributed by atoms with van der Waals surface area (Å²) in [5.74, 6) is -0.849. The predicted octanol–water partition coefficient (Wildman–Crippen LogP) is 3.55. The second-order valence-corrected chi connectivity index (χ2v) is 8.43. The molecule has 1 fully saturated rings. The van der Waals surface area contributed by atoms with E-state index in [1.807, 2.05) is 32.8 Å². The first kappa shape index (κ1) is 23.3. The van der Waals surface area contributed by atoms with Crippen LogP contribution in [0.25, 0.3) is 5.76 Å². The van der Waals surface area contributed by atoms with Gasteiger partial charge in [0, 0.05) is 12.1 Å². The molecule has 2 aromatic rings. The van der Waals surface area contributed by atoms with Crippen molar-refractivity contribution < 1.29 is 24.5 Å². The number of phenols is 1. The maximum Gasteiger partial charge on any atom is 0.295 e. The van der Waals surface area contributed by atoms with Gasteiger partial charge >= 0.3 is 0 Å². The molecule has 170 valence electrons. The van der Waals surface area contributed by atoms with Gasteiger partial charge in [-0.3, -0.25) is 9.59 Å². The van der Waals surface area contributed by atoms with E-state index in [1.54, 1.807) is 36.4 Å². The van der Waals surface area contributed by atoms with Crippen LogP contribution in [0.5, 0.6) is 11.5 Å². The molecule has 2 aromatic carbocycles. The van der Waals surface area contributed by atoms with Gasteiger partial charge in [0.15, 0.2) is 0 Å². The molecule has 1 atom stereocenters. The van der Waals surface area contributed by atoms with Crippen LogP contribution in [0.15, 0.2) is 54.1 Å². The van der Waals surface area contributed by atoms with Gasteiger partial charge in [0.1, 0.15) is 17.3 Å². The molecule has 0 unspecified atom stereocenters. The molecule has 0 saturated carbocycles. The number of benzene rings is 2. The van der Waals surface area contributed by atoms with Crippen LogP contribution in [0.1, 0.15) is 37.4 Å². The number of phenolic OH excluding ortho intramolecular Hbond substituents is 1. The quantitative estimate of drug-likeness (QED) is 0.372. The number of nitrogens with zero attached hydrogens (tertiary/aromatic N) is 2. The molecule has 1 saturated heterocycles. The Hall–Kier alpha value is -3.32. The molecule has 7 nitrogen and oxygen atoms in total. The van der Waals surface area contributed by atoms with Crippen molar-refractivity contribution in [1.82, 2.24) is 9.80 Å². The van der Waals surface area contributed by atoms with Crippen LogP contribution in [0.4, 0.5) is 0 Å². The highest BCUT2D eigenvalue weighted by molar-refractivity contribution is 6.46. The van der Waals surface area contributed by atoms with E-state index in [0.29, 0.717) is 29.8 Å². The van der Waals surface area contributed by atoms with Crippen molar-refractivity contribution in [2.75, 3.05) is 27.2 Å². The molecule has 0 radical (unpaired) electrons.